The predicted octanol–water partition coefficient (Wildman–Crippen LogP) is 3.86. The molecule has 0 saturated carbocycles. The number of anilines is 1. The van der Waals surface area contributed by atoms with Crippen LogP contribution in [0.5, 0.6) is 17.2 Å². The fraction of sp³-hybridized carbons (Fsp3) is 0.250. The summed E-state index contributed by atoms with van der Waals surface area (Å²) in [5.74, 6) is 1.09. The maximum atomic E-state index is 11.4. The lowest BCUT2D eigenvalue weighted by Crippen LogP contribution is -2.37. The lowest BCUT2D eigenvalue weighted by atomic mass is 10.0. The molecule has 3 aromatic rings. The average molecular weight is 543 g/mol. The van der Waals surface area contributed by atoms with Gasteiger partial charge in [-0.1, -0.05) is 29.8 Å². The second kappa shape index (κ2) is 13.0. The number of hydrogen-bond acceptors (Lipinski definition) is 7. The number of nitrogens with one attached hydrogen (secondary N) is 2. The summed E-state index contributed by atoms with van der Waals surface area (Å²) < 4.78 is 30.9. The molecule has 0 bridgehead atoms. The molecule has 0 radical (unpaired) electrons. The summed E-state index contributed by atoms with van der Waals surface area (Å²) in [7, 11) is -3.58. The van der Waals surface area contributed by atoms with Gasteiger partial charge in [0.25, 0.3) is 0 Å². The van der Waals surface area contributed by atoms with Crippen LogP contribution in [0.25, 0.3) is 0 Å². The van der Waals surface area contributed by atoms with Crippen LogP contribution in [0, 0.1) is 0 Å². The van der Waals surface area contributed by atoms with Crippen LogP contribution in [0.15, 0.2) is 66.7 Å². The van der Waals surface area contributed by atoms with Gasteiger partial charge in [0, 0.05) is 17.6 Å². The number of sulfonamides is 1. The number of ether oxygens (including phenoxy) is 1. The smallest absolute Gasteiger partial charge is 0.229 e. The molecule has 11 heteroatoms. The van der Waals surface area contributed by atoms with Gasteiger partial charge in [-0.05, 0) is 66.1 Å². The number of rotatable bonds is 11. The van der Waals surface area contributed by atoms with Crippen molar-refractivity contribution < 1.29 is 28.5 Å². The van der Waals surface area contributed by atoms with Crippen LogP contribution in [0.2, 0.25) is 5.02 Å². The van der Waals surface area contributed by atoms with Crippen LogP contribution >= 0.6 is 24.0 Å². The van der Waals surface area contributed by atoms with E-state index in [1.807, 2.05) is 24.3 Å². The molecule has 2 atom stereocenters. The van der Waals surface area contributed by atoms with Crippen LogP contribution in [0.3, 0.4) is 0 Å². The van der Waals surface area contributed by atoms with E-state index in [0.717, 1.165) is 11.8 Å². The normalized spacial score (nSPS) is 12.9. The van der Waals surface area contributed by atoms with Gasteiger partial charge in [0.1, 0.15) is 17.2 Å². The highest BCUT2D eigenvalue weighted by Crippen LogP contribution is 2.28. The minimum Gasteiger partial charge on any atom is -0.506 e. The van der Waals surface area contributed by atoms with Crippen molar-refractivity contribution in [1.29, 1.82) is 0 Å². The third-order valence-electron chi connectivity index (χ3n) is 4.98. The van der Waals surface area contributed by atoms with E-state index in [4.69, 9.17) is 16.3 Å². The molecule has 0 heterocycles. The molecule has 0 aliphatic heterocycles. The van der Waals surface area contributed by atoms with Crippen molar-refractivity contribution in [3.05, 3.63) is 82.9 Å². The molecule has 0 spiro atoms. The van der Waals surface area contributed by atoms with Crippen molar-refractivity contribution >= 4 is 39.7 Å². The summed E-state index contributed by atoms with van der Waals surface area (Å²) in [6.07, 6.45) is 0.505. The third-order valence-corrected chi connectivity index (χ3v) is 5.82. The Hall–Kier alpha value is -2.53. The van der Waals surface area contributed by atoms with E-state index in [0.29, 0.717) is 28.5 Å². The van der Waals surface area contributed by atoms with Crippen LogP contribution in [0.1, 0.15) is 17.2 Å². The number of aliphatic hydroxyl groups excluding tert-OH is 2. The molecule has 3 aromatic carbocycles. The second-order valence-corrected chi connectivity index (χ2v) is 10.0. The first kappa shape index (κ1) is 28.7. The Bertz CT molecular complexity index is 1190. The zero-order valence-electron chi connectivity index (χ0n) is 18.9. The number of hydrogen-bond donors (Lipinski definition) is 5. The van der Waals surface area contributed by atoms with E-state index >= 15 is 0 Å². The molecular formula is C24H28Cl2N2O6S. The highest BCUT2D eigenvalue weighted by Gasteiger charge is 2.15. The SMILES string of the molecule is CS(=O)(=O)Nc1cc([C@@H](O)CNC(CO)Cc2ccc(Oc3ccc(Cl)cc3)cc2)ccc1O.Cl. The monoisotopic (exact) mass is 542 g/mol. The Labute approximate surface area is 216 Å². The van der Waals surface area contributed by atoms with Gasteiger partial charge in [0.15, 0.2) is 0 Å². The van der Waals surface area contributed by atoms with Crippen molar-refractivity contribution in [3.63, 3.8) is 0 Å². The summed E-state index contributed by atoms with van der Waals surface area (Å²) >= 11 is 5.88. The van der Waals surface area contributed by atoms with Crippen LogP contribution in [0.4, 0.5) is 5.69 Å². The van der Waals surface area contributed by atoms with Crippen molar-refractivity contribution in [2.75, 3.05) is 24.1 Å². The van der Waals surface area contributed by atoms with Gasteiger partial charge in [-0.3, -0.25) is 4.72 Å². The molecule has 5 N–H and O–H groups in total. The summed E-state index contributed by atoms with van der Waals surface area (Å²) in [5.41, 5.74) is 1.37. The number of benzene rings is 3. The van der Waals surface area contributed by atoms with Gasteiger partial charge in [-0.15, -0.1) is 12.4 Å². The standard InChI is InChI=1S/C24H27ClN2O6S.ClH/c1-34(31,32)27-22-13-17(4-11-23(22)29)24(30)14-26-19(15-28)12-16-2-7-20(8-3-16)33-21-9-5-18(25)6-10-21;/h2-11,13,19,24,26-30H,12,14-15H2,1H3;1H/t19?,24-;/m0./s1. The zero-order valence-corrected chi connectivity index (χ0v) is 21.3. The number of halogens is 2. The molecule has 0 aliphatic rings. The van der Waals surface area contributed by atoms with Crippen molar-refractivity contribution in [2.45, 2.75) is 18.6 Å². The van der Waals surface area contributed by atoms with Crippen LogP contribution in [-0.2, 0) is 16.4 Å². The molecule has 35 heavy (non-hydrogen) atoms. The quantitative estimate of drug-likeness (QED) is 0.233. The molecule has 0 aliphatic carbocycles. The molecule has 3 rings (SSSR count). The fourth-order valence-corrected chi connectivity index (χ4v) is 3.95. The van der Waals surface area contributed by atoms with E-state index in [-0.39, 0.29) is 43.0 Å². The molecule has 190 valence electrons. The van der Waals surface area contributed by atoms with Crippen LogP contribution < -0.4 is 14.8 Å². The zero-order chi connectivity index (χ0) is 24.7. The van der Waals surface area contributed by atoms with Gasteiger partial charge < -0.3 is 25.4 Å². The highest BCUT2D eigenvalue weighted by molar-refractivity contribution is 7.92. The maximum Gasteiger partial charge on any atom is 0.229 e. The molecule has 0 aromatic heterocycles. The van der Waals surface area contributed by atoms with E-state index in [2.05, 4.69) is 10.0 Å². The number of aliphatic hydroxyl groups is 2. The maximum absolute atomic E-state index is 11.4. The minimum atomic E-state index is -3.58. The lowest BCUT2D eigenvalue weighted by Gasteiger charge is -2.20. The Balaban J connectivity index is 0.00000432. The fourth-order valence-electron chi connectivity index (χ4n) is 3.26. The van der Waals surface area contributed by atoms with Crippen molar-refractivity contribution in [2.24, 2.45) is 0 Å². The Morgan fingerprint density at radius 1 is 1.00 bits per heavy atom. The number of aromatic hydroxyl groups is 1. The van der Waals surface area contributed by atoms with Crippen molar-refractivity contribution in [1.82, 2.24) is 5.32 Å². The topological polar surface area (TPSA) is 128 Å². The largest absolute Gasteiger partial charge is 0.506 e. The van der Waals surface area contributed by atoms with Crippen molar-refractivity contribution in [3.8, 4) is 17.2 Å². The van der Waals surface area contributed by atoms with E-state index in [1.54, 1.807) is 24.3 Å². The molecule has 8 nitrogen and oxygen atoms in total. The van der Waals surface area contributed by atoms with Gasteiger partial charge in [0.05, 0.1) is 24.7 Å². The predicted molar refractivity (Wildman–Crippen MR) is 139 cm³/mol. The molecular weight excluding hydrogens is 515 g/mol. The lowest BCUT2D eigenvalue weighted by molar-refractivity contribution is 0.158. The van der Waals surface area contributed by atoms with E-state index < -0.39 is 16.1 Å². The Morgan fingerprint density at radius 3 is 2.17 bits per heavy atom. The highest BCUT2D eigenvalue weighted by atomic mass is 35.5. The van der Waals surface area contributed by atoms with E-state index in [1.165, 1.54) is 18.2 Å². The first-order chi connectivity index (χ1) is 16.1. The summed E-state index contributed by atoms with van der Waals surface area (Å²) in [5, 5.41) is 33.9. The van der Waals surface area contributed by atoms with E-state index in [9.17, 15) is 23.7 Å². The number of phenols is 1. The third kappa shape index (κ3) is 9.21. The molecule has 0 fully saturated rings. The van der Waals surface area contributed by atoms with Gasteiger partial charge >= 0.3 is 0 Å². The molecule has 0 amide bonds. The average Bonchev–Trinajstić information content (AvgIpc) is 2.79. The Morgan fingerprint density at radius 2 is 1.60 bits per heavy atom. The summed E-state index contributed by atoms with van der Waals surface area (Å²) in [6, 6.07) is 18.4. The first-order valence-corrected chi connectivity index (χ1v) is 12.8. The number of phenolic OH excluding ortho intramolecular Hbond substituents is 1. The molecule has 1 unspecified atom stereocenters. The Kier molecular flexibility index (Phi) is 10.6. The molecule has 0 saturated heterocycles. The first-order valence-electron chi connectivity index (χ1n) is 10.5. The minimum absolute atomic E-state index is 0. The van der Waals surface area contributed by atoms with Gasteiger partial charge in [-0.25, -0.2) is 8.42 Å². The van der Waals surface area contributed by atoms with Gasteiger partial charge in [0.2, 0.25) is 10.0 Å². The summed E-state index contributed by atoms with van der Waals surface area (Å²) in [6.45, 7) is -0.0295. The second-order valence-electron chi connectivity index (χ2n) is 7.86. The van der Waals surface area contributed by atoms with Gasteiger partial charge in [-0.2, -0.15) is 0 Å². The van der Waals surface area contributed by atoms with Crippen LogP contribution in [-0.4, -0.2) is 49.2 Å². The summed E-state index contributed by atoms with van der Waals surface area (Å²) in [4.78, 5) is 0.